The maximum Gasteiger partial charge on any atom is 0.117 e. The Bertz CT molecular complexity index is 230. The van der Waals surface area contributed by atoms with Gasteiger partial charge in [0.25, 0.3) is 0 Å². The minimum absolute atomic E-state index is 0.303. The van der Waals surface area contributed by atoms with E-state index in [0.717, 1.165) is 18.7 Å². The van der Waals surface area contributed by atoms with Gasteiger partial charge >= 0.3 is 0 Å². The molecular weight excluding hydrogens is 174 g/mol. The van der Waals surface area contributed by atoms with Crippen molar-refractivity contribution >= 4 is 0 Å². The molecule has 0 fully saturated rings. The fourth-order valence-electron chi connectivity index (χ4n) is 1.76. The van der Waals surface area contributed by atoms with E-state index in [1.807, 2.05) is 14.0 Å². The van der Waals surface area contributed by atoms with E-state index in [4.69, 9.17) is 4.74 Å². The molecule has 0 spiro atoms. The number of hydrogen-bond acceptors (Lipinski definition) is 2. The van der Waals surface area contributed by atoms with Crippen molar-refractivity contribution in [2.45, 2.75) is 39.2 Å². The molecule has 1 unspecified atom stereocenters. The normalized spacial score (nSPS) is 21.2. The van der Waals surface area contributed by atoms with Crippen molar-refractivity contribution < 1.29 is 4.74 Å². The van der Waals surface area contributed by atoms with Gasteiger partial charge in [0.05, 0.1) is 5.76 Å². The van der Waals surface area contributed by atoms with Crippen molar-refractivity contribution in [2.24, 2.45) is 0 Å². The van der Waals surface area contributed by atoms with Gasteiger partial charge < -0.3 is 10.1 Å². The Morgan fingerprint density at radius 3 is 2.79 bits per heavy atom. The molecular formula is C12H21NO. The zero-order chi connectivity index (χ0) is 10.4. The Kier molecular flexibility index (Phi) is 4.74. The Hall–Kier alpha value is -0.760. The van der Waals surface area contributed by atoms with Crippen LogP contribution >= 0.6 is 0 Å². The third-order valence-electron chi connectivity index (χ3n) is 2.38. The maximum atomic E-state index is 5.70. The van der Waals surface area contributed by atoms with E-state index in [-0.39, 0.29) is 0 Å². The van der Waals surface area contributed by atoms with Crippen molar-refractivity contribution in [2.75, 3.05) is 13.6 Å². The Morgan fingerprint density at radius 2 is 2.14 bits per heavy atom. The molecule has 80 valence electrons. The van der Waals surface area contributed by atoms with E-state index >= 15 is 0 Å². The minimum Gasteiger partial charge on any atom is -0.491 e. The molecule has 1 heterocycles. The van der Waals surface area contributed by atoms with E-state index in [2.05, 4.69) is 24.4 Å². The molecule has 1 atom stereocenters. The molecule has 0 aromatic carbocycles. The van der Waals surface area contributed by atoms with Gasteiger partial charge in [-0.1, -0.05) is 0 Å². The van der Waals surface area contributed by atoms with Gasteiger partial charge in [-0.2, -0.15) is 0 Å². The molecule has 1 aliphatic heterocycles. The van der Waals surface area contributed by atoms with Gasteiger partial charge in [0.1, 0.15) is 6.10 Å². The Morgan fingerprint density at radius 1 is 1.36 bits per heavy atom. The van der Waals surface area contributed by atoms with E-state index in [1.165, 1.54) is 18.4 Å². The molecule has 1 aliphatic rings. The number of rotatable bonds is 5. The number of hydrogen-bond donors (Lipinski definition) is 1. The average molecular weight is 195 g/mol. The fraction of sp³-hybridized carbons (Fsp3) is 0.667. The van der Waals surface area contributed by atoms with Crippen molar-refractivity contribution in [3.63, 3.8) is 0 Å². The van der Waals surface area contributed by atoms with Crippen LogP contribution in [0.5, 0.6) is 0 Å². The summed E-state index contributed by atoms with van der Waals surface area (Å²) in [4.78, 5) is 0. The first-order valence-corrected chi connectivity index (χ1v) is 5.40. The first kappa shape index (κ1) is 11.3. The van der Waals surface area contributed by atoms with Gasteiger partial charge in [-0.3, -0.25) is 0 Å². The molecule has 0 radical (unpaired) electrons. The lowest BCUT2D eigenvalue weighted by Crippen LogP contribution is -2.14. The molecule has 0 saturated heterocycles. The summed E-state index contributed by atoms with van der Waals surface area (Å²) in [6, 6.07) is 0. The van der Waals surface area contributed by atoms with E-state index in [0.29, 0.717) is 6.10 Å². The van der Waals surface area contributed by atoms with Gasteiger partial charge in [0.2, 0.25) is 0 Å². The third kappa shape index (κ3) is 3.97. The zero-order valence-electron chi connectivity index (χ0n) is 9.47. The van der Waals surface area contributed by atoms with Crippen LogP contribution in [-0.2, 0) is 4.74 Å². The highest BCUT2D eigenvalue weighted by atomic mass is 16.5. The summed E-state index contributed by atoms with van der Waals surface area (Å²) in [5, 5.41) is 3.16. The second-order valence-electron chi connectivity index (χ2n) is 3.92. The Balaban J connectivity index is 2.23. The van der Waals surface area contributed by atoms with Crippen LogP contribution in [0.15, 0.2) is 23.5 Å². The van der Waals surface area contributed by atoms with Gasteiger partial charge in [0, 0.05) is 0 Å². The van der Waals surface area contributed by atoms with Crippen LogP contribution in [0.4, 0.5) is 0 Å². The van der Waals surface area contributed by atoms with Gasteiger partial charge in [-0.05, 0) is 64.4 Å². The Labute approximate surface area is 87.0 Å². The van der Waals surface area contributed by atoms with E-state index in [9.17, 15) is 0 Å². The first-order valence-electron chi connectivity index (χ1n) is 5.40. The highest BCUT2D eigenvalue weighted by Gasteiger charge is 2.10. The van der Waals surface area contributed by atoms with Crippen LogP contribution < -0.4 is 5.32 Å². The summed E-state index contributed by atoms with van der Waals surface area (Å²) in [5.74, 6) is 1.05. The number of ether oxygens (including phenoxy) is 1. The molecule has 0 amide bonds. The second kappa shape index (κ2) is 5.86. The molecule has 0 aromatic heterocycles. The standard InChI is InChI=1S/C12H21NO/c1-10-8-11(2)14-12(9-10)6-4-5-7-13-3/h8-9,12-13H,4-7H2,1-3H3. The minimum atomic E-state index is 0.303. The predicted molar refractivity (Wildman–Crippen MR) is 60.2 cm³/mol. The SMILES string of the molecule is CNCCCCC1C=C(C)C=C(C)O1. The predicted octanol–water partition coefficient (Wildman–Crippen LogP) is 2.63. The van der Waals surface area contributed by atoms with Crippen molar-refractivity contribution in [3.8, 4) is 0 Å². The van der Waals surface area contributed by atoms with Crippen LogP contribution in [0, 0.1) is 0 Å². The molecule has 1 N–H and O–H groups in total. The largest absolute Gasteiger partial charge is 0.491 e. The fourth-order valence-corrected chi connectivity index (χ4v) is 1.76. The molecule has 0 aliphatic carbocycles. The van der Waals surface area contributed by atoms with Crippen LogP contribution in [0.25, 0.3) is 0 Å². The van der Waals surface area contributed by atoms with Gasteiger partial charge in [0.15, 0.2) is 0 Å². The molecule has 0 aromatic rings. The highest BCUT2D eigenvalue weighted by Crippen LogP contribution is 2.19. The summed E-state index contributed by atoms with van der Waals surface area (Å²) in [7, 11) is 1.99. The molecule has 1 rings (SSSR count). The summed E-state index contributed by atoms with van der Waals surface area (Å²) in [6.07, 6.45) is 8.19. The lowest BCUT2D eigenvalue weighted by Gasteiger charge is -2.20. The first-order chi connectivity index (χ1) is 6.72. The summed E-state index contributed by atoms with van der Waals surface area (Å²) < 4.78 is 5.70. The van der Waals surface area contributed by atoms with Crippen molar-refractivity contribution in [3.05, 3.63) is 23.5 Å². The lowest BCUT2D eigenvalue weighted by atomic mass is 10.1. The molecule has 14 heavy (non-hydrogen) atoms. The summed E-state index contributed by atoms with van der Waals surface area (Å²) >= 11 is 0. The monoisotopic (exact) mass is 195 g/mol. The second-order valence-corrected chi connectivity index (χ2v) is 3.92. The quantitative estimate of drug-likeness (QED) is 0.681. The van der Waals surface area contributed by atoms with Crippen LogP contribution in [0.3, 0.4) is 0 Å². The smallest absolute Gasteiger partial charge is 0.117 e. The summed E-state index contributed by atoms with van der Waals surface area (Å²) in [6.45, 7) is 5.26. The van der Waals surface area contributed by atoms with Gasteiger partial charge in [-0.25, -0.2) is 0 Å². The number of nitrogens with one attached hydrogen (secondary N) is 1. The lowest BCUT2D eigenvalue weighted by molar-refractivity contribution is 0.140. The average Bonchev–Trinajstić information content (AvgIpc) is 2.11. The topological polar surface area (TPSA) is 21.3 Å². The van der Waals surface area contributed by atoms with E-state index in [1.54, 1.807) is 0 Å². The highest BCUT2D eigenvalue weighted by molar-refractivity contribution is 5.23. The maximum absolute atomic E-state index is 5.70. The van der Waals surface area contributed by atoms with Crippen molar-refractivity contribution in [1.29, 1.82) is 0 Å². The third-order valence-corrected chi connectivity index (χ3v) is 2.38. The van der Waals surface area contributed by atoms with Crippen LogP contribution in [0.2, 0.25) is 0 Å². The molecule has 0 bridgehead atoms. The number of allylic oxidation sites excluding steroid dienone is 3. The number of unbranched alkanes of at least 4 members (excludes halogenated alkanes) is 1. The zero-order valence-corrected chi connectivity index (χ0v) is 9.47. The van der Waals surface area contributed by atoms with Gasteiger partial charge in [-0.15, -0.1) is 0 Å². The van der Waals surface area contributed by atoms with Crippen molar-refractivity contribution in [1.82, 2.24) is 5.32 Å². The molecule has 0 saturated carbocycles. The summed E-state index contributed by atoms with van der Waals surface area (Å²) in [5.41, 5.74) is 1.33. The van der Waals surface area contributed by atoms with Crippen LogP contribution in [-0.4, -0.2) is 19.7 Å². The van der Waals surface area contributed by atoms with E-state index < -0.39 is 0 Å². The molecule has 2 heteroatoms. The molecule has 2 nitrogen and oxygen atoms in total. The van der Waals surface area contributed by atoms with Crippen LogP contribution in [0.1, 0.15) is 33.1 Å².